The lowest BCUT2D eigenvalue weighted by atomic mass is 9.95. The fraction of sp³-hybridized carbons (Fsp3) is 0.909. The predicted molar refractivity (Wildman–Crippen MR) is 62.3 cm³/mol. The fourth-order valence-corrected chi connectivity index (χ4v) is 2.72. The van der Waals surface area contributed by atoms with Crippen LogP contribution in [0.1, 0.15) is 12.8 Å². The molecule has 9 nitrogen and oxygen atoms in total. The van der Waals surface area contributed by atoms with Gasteiger partial charge in [-0.1, -0.05) is 0 Å². The molecule has 2 saturated heterocycles. The second kappa shape index (κ2) is 5.53. The van der Waals surface area contributed by atoms with E-state index < -0.39 is 48.9 Å². The van der Waals surface area contributed by atoms with Crippen molar-refractivity contribution in [3.05, 3.63) is 0 Å². The number of likely N-dealkylation sites (tertiary alicyclic amines) is 1. The highest BCUT2D eigenvalue weighted by molar-refractivity contribution is 5.73. The lowest BCUT2D eigenvalue weighted by Crippen LogP contribution is -2.69. The first-order valence-electron chi connectivity index (χ1n) is 6.35. The molecule has 6 N–H and O–H groups in total. The van der Waals surface area contributed by atoms with E-state index in [1.54, 1.807) is 0 Å². The molecule has 6 atom stereocenters. The van der Waals surface area contributed by atoms with Crippen LogP contribution in [0.2, 0.25) is 0 Å². The van der Waals surface area contributed by atoms with Gasteiger partial charge < -0.3 is 35.4 Å². The molecule has 2 aliphatic heterocycles. The summed E-state index contributed by atoms with van der Waals surface area (Å²) in [6, 6.07) is -0.917. The number of aliphatic hydroxyl groups is 5. The van der Waals surface area contributed by atoms with Crippen molar-refractivity contribution in [2.45, 2.75) is 49.2 Å². The summed E-state index contributed by atoms with van der Waals surface area (Å²) in [5, 5.41) is 57.4. The van der Waals surface area contributed by atoms with E-state index in [1.165, 1.54) is 4.90 Å². The summed E-state index contributed by atoms with van der Waals surface area (Å²) in [7, 11) is 0. The Morgan fingerprint density at radius 3 is 2.50 bits per heavy atom. The maximum Gasteiger partial charge on any atom is 0.320 e. The maximum atomic E-state index is 11.1. The second-order valence-corrected chi connectivity index (χ2v) is 5.17. The van der Waals surface area contributed by atoms with Gasteiger partial charge in [-0.2, -0.15) is 0 Å². The number of carboxylic acids is 1. The van der Waals surface area contributed by atoms with Crippen LogP contribution in [0.4, 0.5) is 0 Å². The van der Waals surface area contributed by atoms with Crippen molar-refractivity contribution in [1.29, 1.82) is 0 Å². The van der Waals surface area contributed by atoms with E-state index in [2.05, 4.69) is 0 Å². The molecule has 0 aromatic heterocycles. The Hall–Kier alpha value is -0.810. The highest BCUT2D eigenvalue weighted by Gasteiger charge is 2.55. The molecule has 2 aliphatic rings. The third-order valence-electron chi connectivity index (χ3n) is 3.89. The van der Waals surface area contributed by atoms with Crippen molar-refractivity contribution < 1.29 is 40.2 Å². The lowest BCUT2D eigenvalue weighted by molar-refractivity contribution is -0.376. The number of aliphatic carboxylic acids is 1. The van der Waals surface area contributed by atoms with Crippen LogP contribution in [0.5, 0.6) is 0 Å². The molecule has 9 heteroatoms. The van der Waals surface area contributed by atoms with Crippen molar-refractivity contribution in [2.24, 2.45) is 0 Å². The van der Waals surface area contributed by atoms with Crippen molar-refractivity contribution in [2.75, 3.05) is 13.2 Å². The third-order valence-corrected chi connectivity index (χ3v) is 3.89. The van der Waals surface area contributed by atoms with Gasteiger partial charge in [-0.15, -0.1) is 0 Å². The van der Waals surface area contributed by atoms with Crippen molar-refractivity contribution in [3.63, 3.8) is 0 Å². The zero-order valence-electron chi connectivity index (χ0n) is 10.7. The molecule has 2 rings (SSSR count). The smallest absolute Gasteiger partial charge is 0.320 e. The summed E-state index contributed by atoms with van der Waals surface area (Å²) in [5.74, 6) is -3.55. The fourth-order valence-electron chi connectivity index (χ4n) is 2.72. The molecule has 0 bridgehead atoms. The minimum absolute atomic E-state index is 0.295. The quantitative estimate of drug-likeness (QED) is 0.313. The van der Waals surface area contributed by atoms with E-state index in [0.29, 0.717) is 19.4 Å². The zero-order valence-corrected chi connectivity index (χ0v) is 10.7. The molecule has 0 saturated carbocycles. The Morgan fingerprint density at radius 2 is 1.95 bits per heavy atom. The highest BCUT2D eigenvalue weighted by Crippen LogP contribution is 2.33. The third kappa shape index (κ3) is 2.42. The first kappa shape index (κ1) is 15.6. The number of carboxylic acid groups (broad SMARTS) is 1. The van der Waals surface area contributed by atoms with Gasteiger partial charge in [0.05, 0.1) is 6.61 Å². The summed E-state index contributed by atoms with van der Waals surface area (Å²) >= 11 is 0. The molecule has 2 heterocycles. The number of nitrogens with zero attached hydrogens (tertiary/aromatic N) is 1. The normalized spacial score (nSPS) is 46.5. The van der Waals surface area contributed by atoms with Gasteiger partial charge in [-0.3, -0.25) is 9.69 Å². The molecule has 0 spiro atoms. The van der Waals surface area contributed by atoms with Gasteiger partial charge in [0.2, 0.25) is 5.79 Å². The number of hydrogen-bond donors (Lipinski definition) is 6. The molecular formula is C11H19NO8. The van der Waals surface area contributed by atoms with Crippen molar-refractivity contribution in [3.8, 4) is 0 Å². The standard InChI is InChI=1S/C11H19NO8/c13-4-11(19)8(16)6(14)7(15)9(20-11)12-3-1-2-5(12)10(17)18/h5-9,13-16,19H,1-4H2,(H,17,18)/t5?,6-,7+,8+,9?,11+/m1/s1. The minimum atomic E-state index is -2.45. The monoisotopic (exact) mass is 293 g/mol. The average Bonchev–Trinajstić information content (AvgIpc) is 2.90. The van der Waals surface area contributed by atoms with E-state index in [1.807, 2.05) is 0 Å². The van der Waals surface area contributed by atoms with E-state index >= 15 is 0 Å². The van der Waals surface area contributed by atoms with Crippen LogP contribution in [0.15, 0.2) is 0 Å². The summed E-state index contributed by atoms with van der Waals surface area (Å²) < 4.78 is 5.09. The van der Waals surface area contributed by atoms with Gasteiger partial charge in [0.15, 0.2) is 0 Å². The topological polar surface area (TPSA) is 151 Å². The molecule has 0 amide bonds. The molecular weight excluding hydrogens is 274 g/mol. The van der Waals surface area contributed by atoms with Crippen LogP contribution in [0.25, 0.3) is 0 Å². The van der Waals surface area contributed by atoms with Gasteiger partial charge in [0, 0.05) is 6.54 Å². The Labute approximate surface area is 114 Å². The van der Waals surface area contributed by atoms with Gasteiger partial charge in [-0.25, -0.2) is 0 Å². The molecule has 0 aliphatic carbocycles. The van der Waals surface area contributed by atoms with Crippen LogP contribution < -0.4 is 0 Å². The van der Waals surface area contributed by atoms with E-state index in [9.17, 15) is 25.2 Å². The van der Waals surface area contributed by atoms with Gasteiger partial charge >= 0.3 is 5.97 Å². The van der Waals surface area contributed by atoms with Crippen LogP contribution >= 0.6 is 0 Å². The zero-order chi connectivity index (χ0) is 15.1. The van der Waals surface area contributed by atoms with E-state index in [-0.39, 0.29) is 0 Å². The Bertz CT molecular complexity index is 379. The summed E-state index contributed by atoms with van der Waals surface area (Å²) in [4.78, 5) is 12.4. The molecule has 0 aromatic carbocycles. The summed E-state index contributed by atoms with van der Waals surface area (Å²) in [5.41, 5.74) is 0. The number of hydrogen-bond acceptors (Lipinski definition) is 8. The number of carbonyl (C=O) groups is 1. The first-order chi connectivity index (χ1) is 9.31. The van der Waals surface area contributed by atoms with Crippen LogP contribution in [0, 0.1) is 0 Å². The number of rotatable bonds is 3. The van der Waals surface area contributed by atoms with Crippen LogP contribution in [-0.2, 0) is 9.53 Å². The van der Waals surface area contributed by atoms with E-state index in [4.69, 9.17) is 14.9 Å². The largest absolute Gasteiger partial charge is 0.480 e. The Morgan fingerprint density at radius 1 is 1.30 bits per heavy atom. The number of aliphatic hydroxyl groups excluding tert-OH is 4. The van der Waals surface area contributed by atoms with Crippen LogP contribution in [0.3, 0.4) is 0 Å². The SMILES string of the molecule is O=C(O)C1CCCN1C1O[C@@](O)(CO)[C@@H](O)[C@H](O)[C@@H]1O. The summed E-state index contributed by atoms with van der Waals surface area (Å²) in [6.45, 7) is -0.705. The predicted octanol–water partition coefficient (Wildman–Crippen LogP) is -3.34. The minimum Gasteiger partial charge on any atom is -0.480 e. The first-order valence-corrected chi connectivity index (χ1v) is 6.35. The average molecular weight is 293 g/mol. The summed E-state index contributed by atoms with van der Waals surface area (Å²) in [6.07, 6.45) is -5.69. The molecule has 20 heavy (non-hydrogen) atoms. The molecule has 2 fully saturated rings. The second-order valence-electron chi connectivity index (χ2n) is 5.17. The lowest BCUT2D eigenvalue weighted by Gasteiger charge is -2.48. The molecule has 0 aromatic rings. The maximum absolute atomic E-state index is 11.1. The van der Waals surface area contributed by atoms with Crippen LogP contribution in [-0.4, -0.2) is 91.0 Å². The highest BCUT2D eigenvalue weighted by atomic mass is 16.7. The molecule has 2 unspecified atom stereocenters. The van der Waals surface area contributed by atoms with Gasteiger partial charge in [0.25, 0.3) is 0 Å². The van der Waals surface area contributed by atoms with Crippen molar-refractivity contribution >= 4 is 5.97 Å². The molecule has 0 radical (unpaired) electrons. The number of ether oxygens (including phenoxy) is 1. The Kier molecular flexibility index (Phi) is 4.30. The molecule has 116 valence electrons. The van der Waals surface area contributed by atoms with Gasteiger partial charge in [-0.05, 0) is 12.8 Å². The van der Waals surface area contributed by atoms with Crippen molar-refractivity contribution in [1.82, 2.24) is 4.90 Å². The van der Waals surface area contributed by atoms with Gasteiger partial charge in [0.1, 0.15) is 30.6 Å². The van der Waals surface area contributed by atoms with E-state index in [0.717, 1.165) is 0 Å². The Balaban J connectivity index is 2.24.